The van der Waals surface area contributed by atoms with E-state index in [0.717, 1.165) is 12.8 Å². The van der Waals surface area contributed by atoms with Gasteiger partial charge in [0.2, 0.25) is 10.0 Å². The summed E-state index contributed by atoms with van der Waals surface area (Å²) in [7, 11) is -1.93. The first kappa shape index (κ1) is 14.1. The number of nitrogens with two attached hydrogens (primary N) is 1. The van der Waals surface area contributed by atoms with Crippen molar-refractivity contribution in [2.75, 3.05) is 25.9 Å². The van der Waals surface area contributed by atoms with Gasteiger partial charge in [0.1, 0.15) is 5.75 Å². The molecule has 0 amide bonds. The number of nitrogen functional groups attached to an aromatic ring is 1. The van der Waals surface area contributed by atoms with Gasteiger partial charge in [0.15, 0.2) is 0 Å². The summed E-state index contributed by atoms with van der Waals surface area (Å²) in [6.45, 7) is 3.31. The van der Waals surface area contributed by atoms with Crippen molar-refractivity contribution in [3.63, 3.8) is 0 Å². The number of rotatable bonds is 3. The second-order valence-electron chi connectivity index (χ2n) is 4.99. The van der Waals surface area contributed by atoms with E-state index in [2.05, 4.69) is 6.92 Å². The van der Waals surface area contributed by atoms with E-state index >= 15 is 0 Å². The summed E-state index contributed by atoms with van der Waals surface area (Å²) >= 11 is 0. The largest absolute Gasteiger partial charge is 0.495 e. The van der Waals surface area contributed by atoms with E-state index in [1.807, 2.05) is 0 Å². The highest BCUT2D eigenvalue weighted by Crippen LogP contribution is 2.28. The number of nitrogens with zero attached hydrogens (tertiary/aromatic N) is 1. The maximum atomic E-state index is 12.5. The minimum absolute atomic E-state index is 0.236. The van der Waals surface area contributed by atoms with Crippen LogP contribution in [-0.4, -0.2) is 32.9 Å². The monoisotopic (exact) mass is 284 g/mol. The van der Waals surface area contributed by atoms with Gasteiger partial charge in [-0.25, -0.2) is 8.42 Å². The van der Waals surface area contributed by atoms with E-state index in [9.17, 15) is 8.42 Å². The Morgan fingerprint density at radius 2 is 1.95 bits per heavy atom. The van der Waals surface area contributed by atoms with Crippen LogP contribution in [0.25, 0.3) is 0 Å². The number of ether oxygens (including phenoxy) is 1. The van der Waals surface area contributed by atoms with Crippen LogP contribution in [0.2, 0.25) is 0 Å². The minimum atomic E-state index is -3.44. The van der Waals surface area contributed by atoms with Crippen molar-refractivity contribution in [3.8, 4) is 5.75 Å². The molecular formula is C13H20N2O3S. The minimum Gasteiger partial charge on any atom is -0.495 e. The van der Waals surface area contributed by atoms with Gasteiger partial charge in [-0.2, -0.15) is 4.31 Å². The number of benzene rings is 1. The molecule has 2 N–H and O–H groups in total. The zero-order valence-corrected chi connectivity index (χ0v) is 12.1. The van der Waals surface area contributed by atoms with Crippen molar-refractivity contribution < 1.29 is 13.2 Å². The predicted octanol–water partition coefficient (Wildman–Crippen LogP) is 1.70. The lowest BCUT2D eigenvalue weighted by molar-refractivity contribution is 0.288. The third-order valence-electron chi connectivity index (χ3n) is 3.58. The summed E-state index contributed by atoms with van der Waals surface area (Å²) in [6, 6.07) is 4.60. The maximum Gasteiger partial charge on any atom is 0.243 e. The van der Waals surface area contributed by atoms with Crippen LogP contribution in [0.1, 0.15) is 19.8 Å². The number of hydrogen-bond acceptors (Lipinski definition) is 4. The fourth-order valence-electron chi connectivity index (χ4n) is 2.25. The van der Waals surface area contributed by atoms with E-state index in [-0.39, 0.29) is 4.90 Å². The van der Waals surface area contributed by atoms with Gasteiger partial charge < -0.3 is 10.5 Å². The van der Waals surface area contributed by atoms with Crippen molar-refractivity contribution >= 4 is 15.7 Å². The second-order valence-corrected chi connectivity index (χ2v) is 6.93. The zero-order chi connectivity index (χ0) is 14.0. The van der Waals surface area contributed by atoms with Crippen LogP contribution in [0.4, 0.5) is 5.69 Å². The summed E-state index contributed by atoms with van der Waals surface area (Å²) in [5.41, 5.74) is 6.11. The van der Waals surface area contributed by atoms with Gasteiger partial charge in [-0.05, 0) is 37.0 Å². The van der Waals surface area contributed by atoms with E-state index in [1.54, 1.807) is 12.1 Å². The Morgan fingerprint density at radius 1 is 1.32 bits per heavy atom. The highest BCUT2D eigenvalue weighted by Gasteiger charge is 2.28. The van der Waals surface area contributed by atoms with Crippen LogP contribution < -0.4 is 10.5 Å². The Hall–Kier alpha value is -1.27. The molecule has 1 fully saturated rings. The normalized spacial score (nSPS) is 18.4. The van der Waals surface area contributed by atoms with Gasteiger partial charge >= 0.3 is 0 Å². The van der Waals surface area contributed by atoms with Crippen LogP contribution in [0.15, 0.2) is 23.1 Å². The predicted molar refractivity (Wildman–Crippen MR) is 74.6 cm³/mol. The van der Waals surface area contributed by atoms with Gasteiger partial charge in [-0.1, -0.05) is 6.92 Å². The molecular weight excluding hydrogens is 264 g/mol. The van der Waals surface area contributed by atoms with Gasteiger partial charge in [-0.3, -0.25) is 0 Å². The molecule has 0 aromatic heterocycles. The summed E-state index contributed by atoms with van der Waals surface area (Å²) in [4.78, 5) is 0.236. The molecule has 1 aliphatic heterocycles. The van der Waals surface area contributed by atoms with E-state index < -0.39 is 10.0 Å². The first-order valence-electron chi connectivity index (χ1n) is 6.39. The molecule has 1 saturated heterocycles. The van der Waals surface area contributed by atoms with Crippen molar-refractivity contribution in [3.05, 3.63) is 18.2 Å². The molecule has 0 unspecified atom stereocenters. The van der Waals surface area contributed by atoms with Gasteiger partial charge in [0, 0.05) is 13.1 Å². The Morgan fingerprint density at radius 3 is 2.47 bits per heavy atom. The van der Waals surface area contributed by atoms with Crippen LogP contribution in [0.5, 0.6) is 5.75 Å². The van der Waals surface area contributed by atoms with Crippen molar-refractivity contribution in [2.45, 2.75) is 24.7 Å². The zero-order valence-electron chi connectivity index (χ0n) is 11.3. The SMILES string of the molecule is COc1ccc(S(=O)(=O)N2CCC(C)CC2)cc1N. The van der Waals surface area contributed by atoms with Gasteiger partial charge in [0.05, 0.1) is 17.7 Å². The molecule has 0 saturated carbocycles. The number of sulfonamides is 1. The molecule has 6 heteroatoms. The topological polar surface area (TPSA) is 72.6 Å². The van der Waals surface area contributed by atoms with Crippen molar-refractivity contribution in [2.24, 2.45) is 5.92 Å². The fourth-order valence-corrected chi connectivity index (χ4v) is 3.75. The highest BCUT2D eigenvalue weighted by atomic mass is 32.2. The van der Waals surface area contributed by atoms with Crippen molar-refractivity contribution in [1.82, 2.24) is 4.31 Å². The van der Waals surface area contributed by atoms with E-state index in [1.165, 1.54) is 17.5 Å². The lowest BCUT2D eigenvalue weighted by Gasteiger charge is -2.29. The summed E-state index contributed by atoms with van der Waals surface area (Å²) < 4.78 is 31.5. The molecule has 0 radical (unpaired) electrons. The quantitative estimate of drug-likeness (QED) is 0.857. The summed E-state index contributed by atoms with van der Waals surface area (Å²) in [5, 5.41) is 0. The average molecular weight is 284 g/mol. The molecule has 0 bridgehead atoms. The van der Waals surface area contributed by atoms with E-state index in [0.29, 0.717) is 30.4 Å². The van der Waals surface area contributed by atoms with Crippen LogP contribution in [0, 0.1) is 5.92 Å². The molecule has 1 aromatic rings. The second kappa shape index (κ2) is 5.38. The summed E-state index contributed by atoms with van der Waals surface area (Å²) in [5.74, 6) is 1.08. The third-order valence-corrected chi connectivity index (χ3v) is 5.48. The molecule has 1 heterocycles. The number of piperidine rings is 1. The number of anilines is 1. The Bertz CT molecular complexity index is 549. The third kappa shape index (κ3) is 2.84. The molecule has 5 nitrogen and oxygen atoms in total. The number of methoxy groups -OCH3 is 1. The highest BCUT2D eigenvalue weighted by molar-refractivity contribution is 7.89. The van der Waals surface area contributed by atoms with E-state index in [4.69, 9.17) is 10.5 Å². The standard InChI is InChI=1S/C13H20N2O3S/c1-10-5-7-15(8-6-10)19(16,17)11-3-4-13(18-2)12(14)9-11/h3-4,9-10H,5-8,14H2,1-2H3. The fraction of sp³-hybridized carbons (Fsp3) is 0.538. The molecule has 0 aliphatic carbocycles. The molecule has 0 spiro atoms. The van der Waals surface area contributed by atoms with Crippen LogP contribution in [-0.2, 0) is 10.0 Å². The molecule has 1 aromatic carbocycles. The Kier molecular flexibility index (Phi) is 4.01. The lowest BCUT2D eigenvalue weighted by Crippen LogP contribution is -2.37. The number of hydrogen-bond donors (Lipinski definition) is 1. The maximum absolute atomic E-state index is 12.5. The Labute approximate surface area is 114 Å². The lowest BCUT2D eigenvalue weighted by atomic mass is 10.0. The average Bonchev–Trinajstić information content (AvgIpc) is 2.39. The first-order valence-corrected chi connectivity index (χ1v) is 7.83. The van der Waals surface area contributed by atoms with Gasteiger partial charge in [0.25, 0.3) is 0 Å². The smallest absolute Gasteiger partial charge is 0.243 e. The molecule has 0 atom stereocenters. The van der Waals surface area contributed by atoms with Crippen LogP contribution in [0.3, 0.4) is 0 Å². The van der Waals surface area contributed by atoms with Crippen molar-refractivity contribution in [1.29, 1.82) is 0 Å². The summed E-state index contributed by atoms with van der Waals surface area (Å²) in [6.07, 6.45) is 1.82. The molecule has 106 valence electrons. The Balaban J connectivity index is 2.27. The molecule has 2 rings (SSSR count). The van der Waals surface area contributed by atoms with Crippen LogP contribution >= 0.6 is 0 Å². The molecule has 1 aliphatic rings. The first-order chi connectivity index (χ1) is 8.95. The molecule has 19 heavy (non-hydrogen) atoms. The van der Waals surface area contributed by atoms with Gasteiger partial charge in [-0.15, -0.1) is 0 Å².